The molecular formula is C16H23. The van der Waals surface area contributed by atoms with Gasteiger partial charge in [0.15, 0.2) is 0 Å². The second-order valence-electron chi connectivity index (χ2n) is 5.59. The van der Waals surface area contributed by atoms with Gasteiger partial charge in [0.05, 0.1) is 0 Å². The highest BCUT2D eigenvalue weighted by atomic mass is 14.4. The van der Waals surface area contributed by atoms with Crippen LogP contribution in [0.4, 0.5) is 0 Å². The van der Waals surface area contributed by atoms with E-state index in [0.717, 1.165) is 0 Å². The average Bonchev–Trinajstić information content (AvgIpc) is 2.30. The van der Waals surface area contributed by atoms with E-state index in [1.54, 1.807) is 11.5 Å². The molecule has 0 saturated heterocycles. The van der Waals surface area contributed by atoms with E-state index in [-0.39, 0.29) is 0 Å². The number of benzene rings is 1. The first kappa shape index (κ1) is 11.7. The van der Waals surface area contributed by atoms with Crippen LogP contribution in [-0.2, 0) is 5.41 Å². The van der Waals surface area contributed by atoms with Gasteiger partial charge in [-0.3, -0.25) is 0 Å². The van der Waals surface area contributed by atoms with E-state index in [4.69, 9.17) is 0 Å². The van der Waals surface area contributed by atoms with Crippen LogP contribution in [0.5, 0.6) is 0 Å². The third-order valence-electron chi connectivity index (χ3n) is 3.89. The van der Waals surface area contributed by atoms with E-state index in [1.807, 2.05) is 0 Å². The fourth-order valence-corrected chi connectivity index (χ4v) is 3.26. The summed E-state index contributed by atoms with van der Waals surface area (Å²) in [7, 11) is 0. The van der Waals surface area contributed by atoms with E-state index in [9.17, 15) is 0 Å². The molecule has 16 heavy (non-hydrogen) atoms. The first-order chi connectivity index (χ1) is 7.73. The van der Waals surface area contributed by atoms with Crippen molar-refractivity contribution in [2.75, 3.05) is 0 Å². The van der Waals surface area contributed by atoms with Gasteiger partial charge in [-0.25, -0.2) is 0 Å². The van der Waals surface area contributed by atoms with Crippen molar-refractivity contribution in [3.8, 4) is 0 Å². The Hall–Kier alpha value is -0.780. The van der Waals surface area contributed by atoms with Gasteiger partial charge in [0.2, 0.25) is 0 Å². The minimum Gasteiger partial charge on any atom is -0.0622 e. The Balaban J connectivity index is 2.26. The topological polar surface area (TPSA) is 0 Å². The molecule has 0 bridgehead atoms. The standard InChI is InChI=1S/C16H23/c1-14(2)13-16(11-7-4-8-12-16)15-9-5-3-6-10-15/h3,5-6,9-10H,4,7-8,11-13H2,1-2H3. The second-order valence-corrected chi connectivity index (χ2v) is 5.59. The lowest BCUT2D eigenvalue weighted by molar-refractivity contribution is 0.280. The maximum atomic E-state index is 2.33. The van der Waals surface area contributed by atoms with Crippen LogP contribution in [-0.4, -0.2) is 0 Å². The summed E-state index contributed by atoms with van der Waals surface area (Å²) in [6.45, 7) is 4.55. The predicted molar refractivity (Wildman–Crippen MR) is 70.4 cm³/mol. The van der Waals surface area contributed by atoms with Gasteiger partial charge < -0.3 is 0 Å². The second kappa shape index (κ2) is 5.03. The molecule has 0 heteroatoms. The quantitative estimate of drug-likeness (QED) is 0.673. The molecule has 1 fully saturated rings. The van der Waals surface area contributed by atoms with Crippen LogP contribution in [0, 0.1) is 5.92 Å². The Morgan fingerprint density at radius 2 is 1.62 bits per heavy atom. The van der Waals surface area contributed by atoms with Gasteiger partial charge in [-0.1, -0.05) is 63.4 Å². The van der Waals surface area contributed by atoms with Crippen LogP contribution >= 0.6 is 0 Å². The molecule has 1 radical (unpaired) electrons. The smallest absolute Gasteiger partial charge is 0.00417 e. The fourth-order valence-electron chi connectivity index (χ4n) is 3.26. The molecule has 1 aliphatic rings. The molecule has 0 amide bonds. The Kier molecular flexibility index (Phi) is 3.68. The molecule has 0 N–H and O–H groups in total. The fraction of sp³-hybridized carbons (Fsp3) is 0.562. The molecule has 0 spiro atoms. The Morgan fingerprint density at radius 1 is 1.00 bits per heavy atom. The summed E-state index contributed by atoms with van der Waals surface area (Å²) in [5.41, 5.74) is 2.02. The molecule has 0 unspecified atom stereocenters. The normalized spacial score (nSPS) is 19.9. The van der Waals surface area contributed by atoms with E-state index in [1.165, 1.54) is 38.5 Å². The molecule has 0 atom stereocenters. The maximum Gasteiger partial charge on any atom is -0.00417 e. The van der Waals surface area contributed by atoms with Crippen molar-refractivity contribution in [3.05, 3.63) is 41.8 Å². The summed E-state index contributed by atoms with van der Waals surface area (Å²) in [5.74, 6) is 1.57. The first-order valence-electron chi connectivity index (χ1n) is 6.57. The zero-order chi connectivity index (χ0) is 11.4. The SMILES string of the molecule is C[C](C)CC1(c2ccccc2)CCCCC1. The van der Waals surface area contributed by atoms with Crippen LogP contribution in [0.2, 0.25) is 0 Å². The van der Waals surface area contributed by atoms with Crippen molar-refractivity contribution in [1.82, 2.24) is 0 Å². The Morgan fingerprint density at radius 3 is 2.19 bits per heavy atom. The van der Waals surface area contributed by atoms with Gasteiger partial charge in [-0.2, -0.15) is 0 Å². The van der Waals surface area contributed by atoms with Crippen molar-refractivity contribution in [2.24, 2.45) is 0 Å². The van der Waals surface area contributed by atoms with Crippen molar-refractivity contribution in [2.45, 2.75) is 57.8 Å². The lowest BCUT2D eigenvalue weighted by atomic mass is 9.65. The Bertz CT molecular complexity index is 304. The predicted octanol–water partition coefficient (Wildman–Crippen LogP) is 4.89. The van der Waals surface area contributed by atoms with Gasteiger partial charge in [-0.05, 0) is 36.2 Å². The molecule has 1 aromatic carbocycles. The van der Waals surface area contributed by atoms with Crippen molar-refractivity contribution < 1.29 is 0 Å². The van der Waals surface area contributed by atoms with Crippen LogP contribution in [0.3, 0.4) is 0 Å². The van der Waals surface area contributed by atoms with Gasteiger partial charge in [-0.15, -0.1) is 0 Å². The molecule has 0 aromatic heterocycles. The van der Waals surface area contributed by atoms with Crippen LogP contribution in [0.1, 0.15) is 57.9 Å². The van der Waals surface area contributed by atoms with E-state index >= 15 is 0 Å². The zero-order valence-electron chi connectivity index (χ0n) is 10.6. The van der Waals surface area contributed by atoms with Gasteiger partial charge in [0.25, 0.3) is 0 Å². The van der Waals surface area contributed by atoms with Crippen molar-refractivity contribution >= 4 is 0 Å². The highest BCUT2D eigenvalue weighted by Gasteiger charge is 2.34. The molecule has 0 heterocycles. The summed E-state index contributed by atoms with van der Waals surface area (Å²) in [5, 5.41) is 0. The van der Waals surface area contributed by atoms with Crippen molar-refractivity contribution in [1.29, 1.82) is 0 Å². The lowest BCUT2D eigenvalue weighted by Gasteiger charge is -2.39. The molecule has 0 aliphatic heterocycles. The summed E-state index contributed by atoms with van der Waals surface area (Å²) in [4.78, 5) is 0. The third-order valence-corrected chi connectivity index (χ3v) is 3.89. The highest BCUT2D eigenvalue weighted by molar-refractivity contribution is 5.27. The minimum absolute atomic E-state index is 0.457. The number of hydrogen-bond donors (Lipinski definition) is 0. The van der Waals surface area contributed by atoms with E-state index < -0.39 is 0 Å². The summed E-state index contributed by atoms with van der Waals surface area (Å²) in [6, 6.07) is 11.2. The van der Waals surface area contributed by atoms with Gasteiger partial charge in [0, 0.05) is 0 Å². The third kappa shape index (κ3) is 2.48. The van der Waals surface area contributed by atoms with E-state index in [0.29, 0.717) is 5.41 Å². The lowest BCUT2D eigenvalue weighted by Crippen LogP contribution is -2.30. The molecule has 0 nitrogen and oxygen atoms in total. The number of rotatable bonds is 3. The van der Waals surface area contributed by atoms with Crippen molar-refractivity contribution in [3.63, 3.8) is 0 Å². The van der Waals surface area contributed by atoms with Gasteiger partial charge in [0.1, 0.15) is 0 Å². The van der Waals surface area contributed by atoms with Gasteiger partial charge >= 0.3 is 0 Å². The largest absolute Gasteiger partial charge is 0.0622 e. The summed E-state index contributed by atoms with van der Waals surface area (Å²) >= 11 is 0. The van der Waals surface area contributed by atoms with Crippen LogP contribution in [0.25, 0.3) is 0 Å². The van der Waals surface area contributed by atoms with Crippen LogP contribution in [0.15, 0.2) is 30.3 Å². The minimum atomic E-state index is 0.457. The molecule has 1 aliphatic carbocycles. The summed E-state index contributed by atoms with van der Waals surface area (Å²) < 4.78 is 0. The first-order valence-corrected chi connectivity index (χ1v) is 6.57. The molecule has 87 valence electrons. The summed E-state index contributed by atoms with van der Waals surface area (Å²) in [6.07, 6.45) is 8.27. The molecule has 2 rings (SSSR count). The monoisotopic (exact) mass is 215 g/mol. The number of hydrogen-bond acceptors (Lipinski definition) is 0. The zero-order valence-corrected chi connectivity index (χ0v) is 10.6. The highest BCUT2D eigenvalue weighted by Crippen LogP contribution is 2.44. The Labute approximate surface area is 100 Å². The maximum absolute atomic E-state index is 2.33. The van der Waals surface area contributed by atoms with E-state index in [2.05, 4.69) is 44.2 Å². The average molecular weight is 215 g/mol. The van der Waals surface area contributed by atoms with Crippen LogP contribution < -0.4 is 0 Å². The molecular weight excluding hydrogens is 192 g/mol. The molecule has 1 saturated carbocycles. The molecule has 1 aromatic rings.